The molecule has 8 nitrogen and oxygen atoms in total. The Balaban J connectivity index is 1.32. The lowest BCUT2D eigenvalue weighted by Crippen LogP contribution is -2.42. The highest BCUT2D eigenvalue weighted by molar-refractivity contribution is 5.92. The number of nitrogens with zero attached hydrogens (tertiary/aromatic N) is 4. The Labute approximate surface area is 214 Å². The highest BCUT2D eigenvalue weighted by Crippen LogP contribution is 2.24. The van der Waals surface area contributed by atoms with E-state index in [4.69, 9.17) is 0 Å². The van der Waals surface area contributed by atoms with Crippen LogP contribution in [-0.2, 0) is 24.2 Å². The number of hydrogen-bond donors (Lipinski definition) is 2. The van der Waals surface area contributed by atoms with Gasteiger partial charge in [0.05, 0.1) is 6.10 Å². The van der Waals surface area contributed by atoms with E-state index in [-0.39, 0.29) is 18.4 Å². The Kier molecular flexibility index (Phi) is 8.59. The van der Waals surface area contributed by atoms with Crippen molar-refractivity contribution >= 4 is 17.6 Å². The summed E-state index contributed by atoms with van der Waals surface area (Å²) < 4.78 is 0. The molecule has 2 N–H and O–H groups in total. The van der Waals surface area contributed by atoms with Crippen LogP contribution in [0.15, 0.2) is 36.4 Å². The minimum absolute atomic E-state index is 0.138. The molecule has 2 aromatic rings. The molecule has 0 bridgehead atoms. The number of carbonyl (C=O) groups excluding carboxylic acids is 2. The molecule has 2 amide bonds. The third-order valence-electron chi connectivity index (χ3n) is 7.32. The Hall–Kier alpha value is -2.97. The second-order valence-corrected chi connectivity index (χ2v) is 10.4. The zero-order chi connectivity index (χ0) is 25.7. The van der Waals surface area contributed by atoms with E-state index >= 15 is 0 Å². The van der Waals surface area contributed by atoms with Crippen molar-refractivity contribution in [3.63, 3.8) is 0 Å². The number of rotatable bonds is 8. The summed E-state index contributed by atoms with van der Waals surface area (Å²) in [5.41, 5.74) is 4.14. The summed E-state index contributed by atoms with van der Waals surface area (Å²) in [6, 6.07) is 12.3. The van der Waals surface area contributed by atoms with Crippen LogP contribution in [0.25, 0.3) is 0 Å². The molecule has 4 rings (SSSR count). The Bertz CT molecular complexity index is 1060. The number of hydrogen-bond acceptors (Lipinski definition) is 6. The third kappa shape index (κ3) is 6.83. The van der Waals surface area contributed by atoms with Crippen LogP contribution in [0.4, 0.5) is 5.82 Å². The van der Waals surface area contributed by atoms with Gasteiger partial charge >= 0.3 is 0 Å². The molecule has 1 fully saturated rings. The number of pyridine rings is 1. The van der Waals surface area contributed by atoms with Crippen molar-refractivity contribution in [2.45, 2.75) is 45.3 Å². The van der Waals surface area contributed by atoms with Crippen LogP contribution in [0.3, 0.4) is 0 Å². The molecule has 1 saturated heterocycles. The molecular weight excluding hydrogens is 454 g/mol. The van der Waals surface area contributed by atoms with Crippen molar-refractivity contribution in [2.75, 3.05) is 51.7 Å². The molecule has 0 saturated carbocycles. The number of likely N-dealkylation sites (tertiary alicyclic amines) is 1. The maximum Gasteiger partial charge on any atom is 0.270 e. The molecule has 1 aromatic carbocycles. The number of aliphatic hydroxyl groups excluding tert-OH is 1. The topological polar surface area (TPSA) is 89.0 Å². The predicted molar refractivity (Wildman–Crippen MR) is 141 cm³/mol. The number of β-amino-alcohol motifs (C(OH)–C–C–N with tert-alkyl or cyclic N) is 1. The quantitative estimate of drug-likeness (QED) is 0.586. The zero-order valence-corrected chi connectivity index (χ0v) is 21.7. The smallest absolute Gasteiger partial charge is 0.270 e. The minimum Gasteiger partial charge on any atom is -0.390 e. The van der Waals surface area contributed by atoms with Gasteiger partial charge in [-0.1, -0.05) is 24.3 Å². The molecule has 194 valence electrons. The van der Waals surface area contributed by atoms with Crippen molar-refractivity contribution < 1.29 is 14.7 Å². The Morgan fingerprint density at radius 1 is 1.14 bits per heavy atom. The van der Waals surface area contributed by atoms with E-state index in [0.717, 1.165) is 63.2 Å². The van der Waals surface area contributed by atoms with Gasteiger partial charge in [-0.3, -0.25) is 14.5 Å². The van der Waals surface area contributed by atoms with Crippen molar-refractivity contribution in [1.82, 2.24) is 20.1 Å². The summed E-state index contributed by atoms with van der Waals surface area (Å²) in [6.45, 7) is 5.64. The number of aromatic nitrogens is 1. The fourth-order valence-corrected chi connectivity index (χ4v) is 5.19. The maximum atomic E-state index is 13.0. The van der Waals surface area contributed by atoms with Gasteiger partial charge in [0.2, 0.25) is 5.91 Å². The van der Waals surface area contributed by atoms with Crippen LogP contribution in [0, 0.1) is 5.92 Å². The summed E-state index contributed by atoms with van der Waals surface area (Å²) in [7, 11) is 3.83. The Morgan fingerprint density at radius 2 is 1.86 bits per heavy atom. The normalized spacial score (nSPS) is 17.4. The van der Waals surface area contributed by atoms with Gasteiger partial charge in [0, 0.05) is 60.3 Å². The predicted octanol–water partition coefficient (Wildman–Crippen LogP) is 2.10. The van der Waals surface area contributed by atoms with E-state index in [0.29, 0.717) is 18.2 Å². The Morgan fingerprint density at radius 3 is 2.56 bits per heavy atom. The molecule has 8 heteroatoms. The molecular formula is C28H39N5O3. The molecule has 0 aliphatic carbocycles. The van der Waals surface area contributed by atoms with E-state index in [1.165, 1.54) is 11.1 Å². The van der Waals surface area contributed by atoms with E-state index < -0.39 is 6.10 Å². The first-order valence-corrected chi connectivity index (χ1v) is 13.0. The van der Waals surface area contributed by atoms with Crippen LogP contribution < -0.4 is 10.2 Å². The van der Waals surface area contributed by atoms with Gasteiger partial charge in [-0.25, -0.2) is 4.98 Å². The standard InChI is InChI=1S/C28H39N5O3/c1-20(34)33-12-8-21(9-13-33)14-22-15-26(30-27(16-22)31(2)3)28(36)29-17-25(35)19-32-11-10-23-6-4-5-7-24(23)18-32/h4-7,15-16,21,25,35H,8-14,17-19H2,1-3H3,(H,29,36)/t25-/m0/s1. The summed E-state index contributed by atoms with van der Waals surface area (Å²) in [5, 5.41) is 13.5. The zero-order valence-electron chi connectivity index (χ0n) is 21.7. The summed E-state index contributed by atoms with van der Waals surface area (Å²) in [5.74, 6) is 1.09. The van der Waals surface area contributed by atoms with Gasteiger partial charge in [-0.05, 0) is 60.4 Å². The van der Waals surface area contributed by atoms with Crippen LogP contribution in [0.2, 0.25) is 0 Å². The average Bonchev–Trinajstić information content (AvgIpc) is 2.87. The van der Waals surface area contributed by atoms with E-state index in [1.807, 2.05) is 36.0 Å². The number of piperidine rings is 1. The largest absolute Gasteiger partial charge is 0.390 e. The molecule has 0 unspecified atom stereocenters. The molecule has 0 radical (unpaired) electrons. The van der Waals surface area contributed by atoms with Gasteiger partial charge in [-0.15, -0.1) is 0 Å². The monoisotopic (exact) mass is 493 g/mol. The summed E-state index contributed by atoms with van der Waals surface area (Å²) >= 11 is 0. The van der Waals surface area contributed by atoms with Crippen LogP contribution in [0.1, 0.15) is 46.9 Å². The first kappa shape index (κ1) is 26.1. The van der Waals surface area contributed by atoms with Crippen molar-refractivity contribution in [3.8, 4) is 0 Å². The lowest BCUT2D eigenvalue weighted by atomic mass is 9.90. The fourth-order valence-electron chi connectivity index (χ4n) is 5.19. The summed E-state index contributed by atoms with van der Waals surface area (Å²) in [6.07, 6.45) is 3.12. The number of aliphatic hydroxyl groups is 1. The van der Waals surface area contributed by atoms with Crippen molar-refractivity contribution in [2.24, 2.45) is 5.92 Å². The SMILES string of the molecule is CC(=O)N1CCC(Cc2cc(C(=O)NC[C@H](O)CN3CCc4ccccc4C3)nc(N(C)C)c2)CC1. The molecule has 1 atom stereocenters. The minimum atomic E-state index is -0.651. The molecule has 2 aliphatic heterocycles. The highest BCUT2D eigenvalue weighted by atomic mass is 16.3. The number of nitrogens with one attached hydrogen (secondary N) is 1. The lowest BCUT2D eigenvalue weighted by molar-refractivity contribution is -0.130. The molecule has 0 spiro atoms. The molecule has 2 aliphatic rings. The number of anilines is 1. The maximum absolute atomic E-state index is 13.0. The number of fused-ring (bicyclic) bond motifs is 1. The highest BCUT2D eigenvalue weighted by Gasteiger charge is 2.23. The number of benzene rings is 1. The second kappa shape index (κ2) is 11.8. The van der Waals surface area contributed by atoms with E-state index in [2.05, 4.69) is 39.5 Å². The number of carbonyl (C=O) groups is 2. The van der Waals surface area contributed by atoms with E-state index in [1.54, 1.807) is 6.92 Å². The van der Waals surface area contributed by atoms with Crippen molar-refractivity contribution in [3.05, 3.63) is 58.8 Å². The number of amides is 2. The van der Waals surface area contributed by atoms with E-state index in [9.17, 15) is 14.7 Å². The van der Waals surface area contributed by atoms with Gasteiger partial charge in [-0.2, -0.15) is 0 Å². The van der Waals surface area contributed by atoms with Crippen LogP contribution in [-0.4, -0.2) is 84.6 Å². The second-order valence-electron chi connectivity index (χ2n) is 10.4. The molecule has 1 aromatic heterocycles. The van der Waals surface area contributed by atoms with Crippen molar-refractivity contribution in [1.29, 1.82) is 0 Å². The fraction of sp³-hybridized carbons (Fsp3) is 0.536. The van der Waals surface area contributed by atoms with Gasteiger partial charge < -0.3 is 20.2 Å². The molecule has 36 heavy (non-hydrogen) atoms. The third-order valence-corrected chi connectivity index (χ3v) is 7.32. The van der Waals surface area contributed by atoms with Crippen LogP contribution >= 0.6 is 0 Å². The summed E-state index contributed by atoms with van der Waals surface area (Å²) in [4.78, 5) is 35.2. The van der Waals surface area contributed by atoms with Gasteiger partial charge in [0.25, 0.3) is 5.91 Å². The van der Waals surface area contributed by atoms with Gasteiger partial charge in [0.15, 0.2) is 0 Å². The average molecular weight is 494 g/mol. The molecule has 3 heterocycles. The first-order chi connectivity index (χ1) is 17.3. The first-order valence-electron chi connectivity index (χ1n) is 13.0. The van der Waals surface area contributed by atoms with Crippen LogP contribution in [0.5, 0.6) is 0 Å². The lowest BCUT2D eigenvalue weighted by Gasteiger charge is -2.31. The van der Waals surface area contributed by atoms with Gasteiger partial charge in [0.1, 0.15) is 11.5 Å².